The lowest BCUT2D eigenvalue weighted by Crippen LogP contribution is -2.46. The van der Waals surface area contributed by atoms with E-state index in [9.17, 15) is 5.11 Å². The van der Waals surface area contributed by atoms with Crippen LogP contribution in [0.1, 0.15) is 22.3 Å². The van der Waals surface area contributed by atoms with Crippen molar-refractivity contribution in [1.82, 2.24) is 0 Å². The van der Waals surface area contributed by atoms with Gasteiger partial charge in [-0.25, -0.2) is 0 Å². The molecule has 2 aromatic rings. The van der Waals surface area contributed by atoms with Crippen molar-refractivity contribution in [2.75, 3.05) is 13.2 Å². The van der Waals surface area contributed by atoms with Crippen LogP contribution in [0, 0.1) is 20.8 Å². The highest BCUT2D eigenvalue weighted by atomic mass is 16.5. The summed E-state index contributed by atoms with van der Waals surface area (Å²) >= 11 is 0. The molecule has 112 valence electrons. The van der Waals surface area contributed by atoms with E-state index in [0.29, 0.717) is 0 Å². The standard InChI is InChI=1S/C18H23NO2/c1-13-9-10-14(2)17(15(13)3)21-12-18(19,11-20)16-7-5-4-6-8-16/h4-10,20H,11-12,19H2,1-3H3. The predicted octanol–water partition coefficient (Wildman–Crippen LogP) is 2.84. The molecule has 0 saturated carbocycles. The normalized spacial score (nSPS) is 13.8. The zero-order chi connectivity index (χ0) is 15.5. The van der Waals surface area contributed by atoms with Gasteiger partial charge in [0.25, 0.3) is 0 Å². The van der Waals surface area contributed by atoms with Gasteiger partial charge in [-0.2, -0.15) is 0 Å². The minimum Gasteiger partial charge on any atom is -0.491 e. The van der Waals surface area contributed by atoms with Crippen molar-refractivity contribution in [1.29, 1.82) is 0 Å². The molecule has 0 radical (unpaired) electrons. The number of aliphatic hydroxyl groups excluding tert-OH is 1. The van der Waals surface area contributed by atoms with E-state index in [4.69, 9.17) is 10.5 Å². The first-order chi connectivity index (χ1) is 9.98. The van der Waals surface area contributed by atoms with Crippen molar-refractivity contribution in [3.8, 4) is 5.75 Å². The molecule has 0 aromatic heterocycles. The van der Waals surface area contributed by atoms with Crippen LogP contribution in [0.15, 0.2) is 42.5 Å². The van der Waals surface area contributed by atoms with Gasteiger partial charge in [0, 0.05) is 0 Å². The zero-order valence-electron chi connectivity index (χ0n) is 12.9. The first kappa shape index (κ1) is 15.5. The Hall–Kier alpha value is -1.84. The molecule has 2 aromatic carbocycles. The number of benzene rings is 2. The van der Waals surface area contributed by atoms with Crippen molar-refractivity contribution < 1.29 is 9.84 Å². The van der Waals surface area contributed by atoms with Crippen molar-refractivity contribution in [2.45, 2.75) is 26.3 Å². The molecular weight excluding hydrogens is 262 g/mol. The number of aryl methyl sites for hydroxylation is 2. The molecule has 0 amide bonds. The fourth-order valence-electron chi connectivity index (χ4n) is 2.34. The van der Waals surface area contributed by atoms with Gasteiger partial charge in [-0.3, -0.25) is 0 Å². The molecule has 0 spiro atoms. The molecule has 0 saturated heterocycles. The van der Waals surface area contributed by atoms with E-state index in [-0.39, 0.29) is 13.2 Å². The lowest BCUT2D eigenvalue weighted by Gasteiger charge is -2.28. The van der Waals surface area contributed by atoms with Crippen LogP contribution in [0.5, 0.6) is 5.75 Å². The number of ether oxygens (including phenoxy) is 1. The highest BCUT2D eigenvalue weighted by Gasteiger charge is 2.28. The van der Waals surface area contributed by atoms with Crippen LogP contribution in [0.4, 0.5) is 0 Å². The largest absolute Gasteiger partial charge is 0.491 e. The van der Waals surface area contributed by atoms with Crippen LogP contribution in [-0.2, 0) is 5.54 Å². The Morgan fingerprint density at radius 2 is 1.62 bits per heavy atom. The summed E-state index contributed by atoms with van der Waals surface area (Å²) in [5.74, 6) is 0.856. The second-order valence-electron chi connectivity index (χ2n) is 5.62. The summed E-state index contributed by atoms with van der Waals surface area (Å²) in [4.78, 5) is 0. The zero-order valence-corrected chi connectivity index (χ0v) is 12.9. The molecule has 1 unspecified atom stereocenters. The maximum absolute atomic E-state index is 9.70. The van der Waals surface area contributed by atoms with E-state index in [0.717, 1.165) is 22.4 Å². The summed E-state index contributed by atoms with van der Waals surface area (Å²) in [7, 11) is 0. The Bertz CT molecular complexity index is 610. The minimum atomic E-state index is -0.899. The van der Waals surface area contributed by atoms with E-state index < -0.39 is 5.54 Å². The second-order valence-corrected chi connectivity index (χ2v) is 5.62. The van der Waals surface area contributed by atoms with E-state index in [1.807, 2.05) is 50.2 Å². The maximum atomic E-state index is 9.70. The van der Waals surface area contributed by atoms with Crippen LogP contribution in [0.25, 0.3) is 0 Å². The average Bonchev–Trinajstić information content (AvgIpc) is 2.51. The number of hydrogen-bond acceptors (Lipinski definition) is 3. The third-order valence-corrected chi connectivity index (χ3v) is 3.98. The van der Waals surface area contributed by atoms with Crippen molar-refractivity contribution in [3.05, 3.63) is 64.7 Å². The molecule has 0 aliphatic heterocycles. The van der Waals surface area contributed by atoms with Crippen LogP contribution in [0.2, 0.25) is 0 Å². The van der Waals surface area contributed by atoms with Gasteiger partial charge in [0.2, 0.25) is 0 Å². The molecule has 3 nitrogen and oxygen atoms in total. The Morgan fingerprint density at radius 1 is 1.00 bits per heavy atom. The van der Waals surface area contributed by atoms with Gasteiger partial charge in [-0.15, -0.1) is 0 Å². The second kappa shape index (κ2) is 6.29. The molecule has 21 heavy (non-hydrogen) atoms. The Labute approximate surface area is 126 Å². The Balaban J connectivity index is 2.24. The Morgan fingerprint density at radius 3 is 2.24 bits per heavy atom. The van der Waals surface area contributed by atoms with Gasteiger partial charge in [0.1, 0.15) is 12.4 Å². The van der Waals surface area contributed by atoms with Crippen molar-refractivity contribution in [2.24, 2.45) is 5.73 Å². The van der Waals surface area contributed by atoms with Gasteiger partial charge in [0.05, 0.1) is 12.1 Å². The maximum Gasteiger partial charge on any atom is 0.125 e. The van der Waals surface area contributed by atoms with E-state index in [1.165, 1.54) is 5.56 Å². The number of nitrogens with two attached hydrogens (primary N) is 1. The molecule has 0 bridgehead atoms. The number of hydrogen-bond donors (Lipinski definition) is 2. The van der Waals surface area contributed by atoms with Gasteiger partial charge in [0.15, 0.2) is 0 Å². The van der Waals surface area contributed by atoms with E-state index in [2.05, 4.69) is 13.0 Å². The predicted molar refractivity (Wildman–Crippen MR) is 85.5 cm³/mol. The Kier molecular flexibility index (Phi) is 4.66. The topological polar surface area (TPSA) is 55.5 Å². The quantitative estimate of drug-likeness (QED) is 0.888. The van der Waals surface area contributed by atoms with Gasteiger partial charge < -0.3 is 15.6 Å². The fraction of sp³-hybridized carbons (Fsp3) is 0.333. The lowest BCUT2D eigenvalue weighted by atomic mass is 9.93. The summed E-state index contributed by atoms with van der Waals surface area (Å²) in [5.41, 5.74) is 9.67. The summed E-state index contributed by atoms with van der Waals surface area (Å²) < 4.78 is 5.97. The molecule has 1 atom stereocenters. The molecule has 0 heterocycles. The van der Waals surface area contributed by atoms with Crippen LogP contribution in [0.3, 0.4) is 0 Å². The molecule has 3 heteroatoms. The first-order valence-corrected chi connectivity index (χ1v) is 7.13. The lowest BCUT2D eigenvalue weighted by molar-refractivity contribution is 0.132. The van der Waals surface area contributed by atoms with Gasteiger partial charge in [-0.05, 0) is 43.0 Å². The van der Waals surface area contributed by atoms with Crippen molar-refractivity contribution in [3.63, 3.8) is 0 Å². The minimum absolute atomic E-state index is 0.166. The molecule has 0 aliphatic rings. The molecule has 2 rings (SSSR count). The first-order valence-electron chi connectivity index (χ1n) is 7.13. The third-order valence-electron chi connectivity index (χ3n) is 3.98. The monoisotopic (exact) mass is 285 g/mol. The highest BCUT2D eigenvalue weighted by Crippen LogP contribution is 2.28. The molecular formula is C18H23NO2. The molecule has 0 aliphatic carbocycles. The number of rotatable bonds is 5. The number of aliphatic hydroxyl groups is 1. The van der Waals surface area contributed by atoms with Crippen LogP contribution in [-0.4, -0.2) is 18.3 Å². The van der Waals surface area contributed by atoms with Crippen LogP contribution >= 0.6 is 0 Å². The summed E-state index contributed by atoms with van der Waals surface area (Å²) in [6, 6.07) is 13.7. The molecule has 3 N–H and O–H groups in total. The SMILES string of the molecule is Cc1ccc(C)c(OCC(N)(CO)c2ccccc2)c1C. The fourth-order valence-corrected chi connectivity index (χ4v) is 2.34. The summed E-state index contributed by atoms with van der Waals surface area (Å²) in [6.07, 6.45) is 0. The van der Waals surface area contributed by atoms with Crippen molar-refractivity contribution >= 4 is 0 Å². The van der Waals surface area contributed by atoms with E-state index >= 15 is 0 Å². The molecule has 0 fully saturated rings. The van der Waals surface area contributed by atoms with Gasteiger partial charge >= 0.3 is 0 Å². The van der Waals surface area contributed by atoms with Crippen LogP contribution < -0.4 is 10.5 Å². The highest BCUT2D eigenvalue weighted by molar-refractivity contribution is 5.44. The third kappa shape index (κ3) is 3.26. The summed E-state index contributed by atoms with van der Waals surface area (Å²) in [5, 5.41) is 9.70. The van der Waals surface area contributed by atoms with Gasteiger partial charge in [-0.1, -0.05) is 42.5 Å². The summed E-state index contributed by atoms with van der Waals surface area (Å²) in [6.45, 7) is 6.18. The average molecular weight is 285 g/mol. The smallest absolute Gasteiger partial charge is 0.125 e. The van der Waals surface area contributed by atoms with E-state index in [1.54, 1.807) is 0 Å².